The van der Waals surface area contributed by atoms with Crippen LogP contribution in [0.25, 0.3) is 0 Å². The Morgan fingerprint density at radius 1 is 1.38 bits per heavy atom. The van der Waals surface area contributed by atoms with Crippen LogP contribution in [-0.4, -0.2) is 38.7 Å². The smallest absolute Gasteiger partial charge is 0.211 e. The molecule has 1 saturated heterocycles. The molecule has 0 bridgehead atoms. The lowest BCUT2D eigenvalue weighted by Gasteiger charge is -2.31. The van der Waals surface area contributed by atoms with Crippen molar-refractivity contribution < 1.29 is 8.42 Å². The standard InChI is InChI=1S/C15H26N2O2S2/c1-2-3-10-21(18,19)16-11-14-4-7-17(8-5-14)12-15-6-9-20-13-15/h6,9,13-14,16H,2-5,7-8,10-12H2,1H3. The summed E-state index contributed by atoms with van der Waals surface area (Å²) in [6.45, 7) is 5.78. The van der Waals surface area contributed by atoms with E-state index in [4.69, 9.17) is 0 Å². The quantitative estimate of drug-likeness (QED) is 0.797. The van der Waals surface area contributed by atoms with Crippen molar-refractivity contribution in [2.24, 2.45) is 5.92 Å². The van der Waals surface area contributed by atoms with Crippen LogP contribution in [0.2, 0.25) is 0 Å². The van der Waals surface area contributed by atoms with Gasteiger partial charge in [-0.15, -0.1) is 0 Å². The average molecular weight is 331 g/mol. The van der Waals surface area contributed by atoms with Gasteiger partial charge in [-0.2, -0.15) is 11.3 Å². The van der Waals surface area contributed by atoms with E-state index in [2.05, 4.69) is 26.4 Å². The molecule has 0 radical (unpaired) electrons. The zero-order valence-corrected chi connectivity index (χ0v) is 14.4. The molecule has 0 aromatic carbocycles. The Morgan fingerprint density at radius 3 is 2.76 bits per heavy atom. The maximum absolute atomic E-state index is 11.8. The summed E-state index contributed by atoms with van der Waals surface area (Å²) in [4.78, 5) is 2.46. The zero-order valence-electron chi connectivity index (χ0n) is 12.8. The first-order valence-electron chi connectivity index (χ1n) is 7.80. The summed E-state index contributed by atoms with van der Waals surface area (Å²) in [6.07, 6.45) is 3.83. The van der Waals surface area contributed by atoms with E-state index >= 15 is 0 Å². The van der Waals surface area contributed by atoms with Crippen LogP contribution in [-0.2, 0) is 16.6 Å². The van der Waals surface area contributed by atoms with Crippen LogP contribution in [0.4, 0.5) is 0 Å². The molecule has 21 heavy (non-hydrogen) atoms. The second-order valence-electron chi connectivity index (χ2n) is 5.87. The van der Waals surface area contributed by atoms with Crippen molar-refractivity contribution in [2.75, 3.05) is 25.4 Å². The van der Waals surface area contributed by atoms with E-state index in [9.17, 15) is 8.42 Å². The van der Waals surface area contributed by atoms with Crippen molar-refractivity contribution >= 4 is 21.4 Å². The van der Waals surface area contributed by atoms with Gasteiger partial charge in [0.2, 0.25) is 10.0 Å². The number of nitrogens with one attached hydrogen (secondary N) is 1. The van der Waals surface area contributed by atoms with Crippen molar-refractivity contribution in [3.63, 3.8) is 0 Å². The first-order valence-corrected chi connectivity index (χ1v) is 10.4. The molecule has 0 amide bonds. The molecular weight excluding hydrogens is 304 g/mol. The highest BCUT2D eigenvalue weighted by Gasteiger charge is 2.21. The molecule has 1 aromatic heterocycles. The number of unbranched alkanes of at least 4 members (excludes halogenated alkanes) is 1. The number of hydrogen-bond acceptors (Lipinski definition) is 4. The predicted octanol–water partition coefficient (Wildman–Crippen LogP) is 2.68. The Balaban J connectivity index is 1.67. The van der Waals surface area contributed by atoms with Crippen molar-refractivity contribution in [3.8, 4) is 0 Å². The van der Waals surface area contributed by atoms with Crippen LogP contribution in [0.3, 0.4) is 0 Å². The van der Waals surface area contributed by atoms with E-state index in [1.54, 1.807) is 11.3 Å². The topological polar surface area (TPSA) is 49.4 Å². The second-order valence-corrected chi connectivity index (χ2v) is 8.58. The van der Waals surface area contributed by atoms with Gasteiger partial charge in [0.25, 0.3) is 0 Å². The lowest BCUT2D eigenvalue weighted by atomic mass is 9.97. The fourth-order valence-corrected chi connectivity index (χ4v) is 4.60. The third kappa shape index (κ3) is 6.06. The van der Waals surface area contributed by atoms with Crippen LogP contribution >= 0.6 is 11.3 Å². The summed E-state index contributed by atoms with van der Waals surface area (Å²) in [5, 5.41) is 4.32. The molecule has 0 unspecified atom stereocenters. The number of hydrogen-bond donors (Lipinski definition) is 1. The zero-order chi connectivity index (χ0) is 15.1. The van der Waals surface area contributed by atoms with Crippen molar-refractivity contribution in [3.05, 3.63) is 22.4 Å². The average Bonchev–Trinajstić information content (AvgIpc) is 2.98. The highest BCUT2D eigenvalue weighted by Crippen LogP contribution is 2.19. The first kappa shape index (κ1) is 16.9. The van der Waals surface area contributed by atoms with E-state index in [1.807, 2.05) is 6.92 Å². The Morgan fingerprint density at radius 2 is 2.14 bits per heavy atom. The fraction of sp³-hybridized carbons (Fsp3) is 0.733. The molecule has 1 aliphatic heterocycles. The Labute approximate surface area is 132 Å². The molecule has 1 aliphatic rings. The van der Waals surface area contributed by atoms with Gasteiger partial charge < -0.3 is 0 Å². The Kier molecular flexibility index (Phi) is 6.67. The van der Waals surface area contributed by atoms with Gasteiger partial charge >= 0.3 is 0 Å². The largest absolute Gasteiger partial charge is 0.299 e. The van der Waals surface area contributed by atoms with Gasteiger partial charge in [0, 0.05) is 13.1 Å². The van der Waals surface area contributed by atoms with Gasteiger partial charge in [-0.25, -0.2) is 13.1 Å². The molecule has 1 aromatic rings. The third-order valence-electron chi connectivity index (χ3n) is 4.05. The molecule has 2 heterocycles. The monoisotopic (exact) mass is 330 g/mol. The summed E-state index contributed by atoms with van der Waals surface area (Å²) < 4.78 is 26.4. The lowest BCUT2D eigenvalue weighted by Crippen LogP contribution is -2.38. The molecule has 2 rings (SSSR count). The molecule has 0 saturated carbocycles. The normalized spacial score (nSPS) is 18.1. The fourth-order valence-electron chi connectivity index (χ4n) is 2.64. The number of likely N-dealkylation sites (tertiary alicyclic amines) is 1. The summed E-state index contributed by atoms with van der Waals surface area (Å²) >= 11 is 1.74. The molecule has 0 atom stereocenters. The summed E-state index contributed by atoms with van der Waals surface area (Å²) in [5.41, 5.74) is 1.39. The third-order valence-corrected chi connectivity index (χ3v) is 6.22. The van der Waals surface area contributed by atoms with Crippen LogP contribution < -0.4 is 4.72 Å². The summed E-state index contributed by atoms with van der Waals surface area (Å²) in [5.74, 6) is 0.751. The minimum atomic E-state index is -3.06. The minimum absolute atomic E-state index is 0.264. The van der Waals surface area contributed by atoms with Crippen molar-refractivity contribution in [1.29, 1.82) is 0 Å². The van der Waals surface area contributed by atoms with E-state index in [1.165, 1.54) is 5.56 Å². The number of sulfonamides is 1. The summed E-state index contributed by atoms with van der Waals surface area (Å²) in [6, 6.07) is 2.18. The molecule has 1 N–H and O–H groups in total. The molecule has 120 valence electrons. The van der Waals surface area contributed by atoms with Gasteiger partial charge in [0.05, 0.1) is 5.75 Å². The SMILES string of the molecule is CCCCS(=O)(=O)NCC1CCN(Cc2ccsc2)CC1. The highest BCUT2D eigenvalue weighted by molar-refractivity contribution is 7.89. The van der Waals surface area contributed by atoms with Crippen LogP contribution in [0.1, 0.15) is 38.2 Å². The molecule has 0 aliphatic carbocycles. The van der Waals surface area contributed by atoms with E-state index in [0.717, 1.165) is 45.3 Å². The Bertz CT molecular complexity index is 492. The van der Waals surface area contributed by atoms with Gasteiger partial charge in [-0.3, -0.25) is 4.90 Å². The minimum Gasteiger partial charge on any atom is -0.299 e. The molecule has 1 fully saturated rings. The van der Waals surface area contributed by atoms with E-state index in [0.29, 0.717) is 12.5 Å². The van der Waals surface area contributed by atoms with Gasteiger partial charge in [-0.1, -0.05) is 13.3 Å². The van der Waals surface area contributed by atoms with Gasteiger partial charge in [-0.05, 0) is 60.7 Å². The number of piperidine rings is 1. The number of rotatable bonds is 8. The van der Waals surface area contributed by atoms with Crippen LogP contribution in [0.5, 0.6) is 0 Å². The second kappa shape index (κ2) is 8.27. The molecule has 0 spiro atoms. The number of nitrogens with zero attached hydrogens (tertiary/aromatic N) is 1. The molecule has 6 heteroatoms. The van der Waals surface area contributed by atoms with E-state index < -0.39 is 10.0 Å². The van der Waals surface area contributed by atoms with Crippen molar-refractivity contribution in [1.82, 2.24) is 9.62 Å². The van der Waals surface area contributed by atoms with Gasteiger partial charge in [0.1, 0.15) is 0 Å². The maximum atomic E-state index is 11.8. The predicted molar refractivity (Wildman–Crippen MR) is 89.0 cm³/mol. The Hall–Kier alpha value is -0.430. The molecular formula is C15H26N2O2S2. The lowest BCUT2D eigenvalue weighted by molar-refractivity contribution is 0.179. The van der Waals surface area contributed by atoms with Crippen LogP contribution in [0.15, 0.2) is 16.8 Å². The first-order chi connectivity index (χ1) is 10.1. The summed E-state index contributed by atoms with van der Waals surface area (Å²) in [7, 11) is -3.06. The molecule has 4 nitrogen and oxygen atoms in total. The van der Waals surface area contributed by atoms with E-state index in [-0.39, 0.29) is 5.75 Å². The van der Waals surface area contributed by atoms with Crippen LogP contribution in [0, 0.1) is 5.92 Å². The highest BCUT2D eigenvalue weighted by atomic mass is 32.2. The van der Waals surface area contributed by atoms with Crippen molar-refractivity contribution in [2.45, 2.75) is 39.2 Å². The van der Waals surface area contributed by atoms with Gasteiger partial charge in [0.15, 0.2) is 0 Å². The number of thiophene rings is 1. The maximum Gasteiger partial charge on any atom is 0.211 e.